The van der Waals surface area contributed by atoms with E-state index >= 15 is 0 Å². The Kier molecular flexibility index (Phi) is 6.37. The van der Waals surface area contributed by atoms with Crippen LogP contribution in [0.4, 0.5) is 0 Å². The molecule has 0 aromatic rings. The van der Waals surface area contributed by atoms with Gasteiger partial charge >= 0.3 is 0 Å². The van der Waals surface area contributed by atoms with Crippen LogP contribution in [0.5, 0.6) is 0 Å². The minimum atomic E-state index is 1.08. The second-order valence-corrected chi connectivity index (χ2v) is 3.11. The van der Waals surface area contributed by atoms with Crippen LogP contribution in [0, 0.1) is 12.1 Å². The third-order valence-electron chi connectivity index (χ3n) is 1.42. The normalized spacial score (nSPS) is 8.67. The zero-order chi connectivity index (χ0) is 9.40. The largest absolute Gasteiger partial charge is 0.337 e. The molecule has 0 saturated heterocycles. The van der Waals surface area contributed by atoms with Crippen LogP contribution in [0.25, 0.3) is 0 Å². The zero-order valence-corrected chi connectivity index (χ0v) is 8.72. The Morgan fingerprint density at radius 1 is 0.917 bits per heavy atom. The van der Waals surface area contributed by atoms with Gasteiger partial charge in [0.1, 0.15) is 0 Å². The summed E-state index contributed by atoms with van der Waals surface area (Å²) in [4.78, 5) is 4.07. The van der Waals surface area contributed by atoms with Crippen LogP contribution in [0.15, 0.2) is 0 Å². The molecule has 2 nitrogen and oxygen atoms in total. The van der Waals surface area contributed by atoms with Crippen molar-refractivity contribution in [2.24, 2.45) is 0 Å². The highest BCUT2D eigenvalue weighted by molar-refractivity contribution is 4.96. The number of hydrogen-bond acceptors (Lipinski definition) is 2. The van der Waals surface area contributed by atoms with E-state index < -0.39 is 0 Å². The summed E-state index contributed by atoms with van der Waals surface area (Å²) < 4.78 is 0. The van der Waals surface area contributed by atoms with Crippen molar-refractivity contribution in [2.75, 3.05) is 27.2 Å². The van der Waals surface area contributed by atoms with E-state index in [1.54, 1.807) is 0 Å². The minimum Gasteiger partial charge on any atom is -0.337 e. The van der Waals surface area contributed by atoms with Crippen molar-refractivity contribution < 1.29 is 0 Å². The second kappa shape index (κ2) is 6.84. The summed E-state index contributed by atoms with van der Waals surface area (Å²) in [6, 6.07) is 6.15. The molecule has 0 N–H and O–H groups in total. The third-order valence-corrected chi connectivity index (χ3v) is 1.42. The topological polar surface area (TPSA) is 6.48 Å². The molecule has 2 heteroatoms. The first-order chi connectivity index (χ1) is 5.70. The Labute approximate surface area is 76.5 Å². The lowest BCUT2D eigenvalue weighted by atomic mass is 10.4. The Morgan fingerprint density at radius 3 is 1.75 bits per heavy atom. The van der Waals surface area contributed by atoms with Gasteiger partial charge in [-0.15, -0.1) is 0 Å². The van der Waals surface area contributed by atoms with Gasteiger partial charge in [-0.3, -0.25) is 0 Å². The predicted molar refractivity (Wildman–Crippen MR) is 53.6 cm³/mol. The summed E-state index contributed by atoms with van der Waals surface area (Å²) in [6.45, 7) is 6.52. The van der Waals surface area contributed by atoms with Crippen LogP contribution in [0.3, 0.4) is 0 Å². The van der Waals surface area contributed by atoms with Gasteiger partial charge in [0.2, 0.25) is 0 Å². The van der Waals surface area contributed by atoms with Crippen LogP contribution < -0.4 is 0 Å². The summed E-state index contributed by atoms with van der Waals surface area (Å²) >= 11 is 0. The number of rotatable bonds is 4. The van der Waals surface area contributed by atoms with E-state index in [4.69, 9.17) is 0 Å². The molecule has 0 heterocycles. The van der Waals surface area contributed by atoms with Crippen molar-refractivity contribution in [3.63, 3.8) is 0 Å². The van der Waals surface area contributed by atoms with Gasteiger partial charge in [-0.1, -0.05) is 13.8 Å². The molecule has 0 aliphatic rings. The summed E-state index contributed by atoms with van der Waals surface area (Å²) in [7, 11) is 3.92. The standard InChI is InChI=1S/C10H20N2/c1-5-7-12(8-6-2)10-9-11(3)4/h5-8H2,1-4H3. The van der Waals surface area contributed by atoms with Gasteiger partial charge in [0, 0.05) is 39.3 Å². The lowest BCUT2D eigenvalue weighted by Gasteiger charge is -2.15. The van der Waals surface area contributed by atoms with Gasteiger partial charge in [0.25, 0.3) is 0 Å². The summed E-state index contributed by atoms with van der Waals surface area (Å²) in [5, 5.41) is 0. The van der Waals surface area contributed by atoms with Crippen molar-refractivity contribution >= 4 is 0 Å². The highest BCUT2D eigenvalue weighted by Crippen LogP contribution is 1.90. The molecule has 0 aliphatic carbocycles. The molecular weight excluding hydrogens is 148 g/mol. The third kappa shape index (κ3) is 5.91. The van der Waals surface area contributed by atoms with Crippen LogP contribution in [0.1, 0.15) is 26.7 Å². The Hall–Kier alpha value is -0.840. The van der Waals surface area contributed by atoms with Gasteiger partial charge in [-0.05, 0) is 12.8 Å². The van der Waals surface area contributed by atoms with E-state index in [1.165, 1.54) is 12.8 Å². The molecule has 0 fully saturated rings. The van der Waals surface area contributed by atoms with Gasteiger partial charge in [0.05, 0.1) is 0 Å². The van der Waals surface area contributed by atoms with Crippen molar-refractivity contribution in [3.05, 3.63) is 0 Å². The van der Waals surface area contributed by atoms with E-state index in [2.05, 4.69) is 30.8 Å². The molecule has 0 aliphatic heterocycles. The molecule has 0 bridgehead atoms. The number of nitrogens with zero attached hydrogens (tertiary/aromatic N) is 2. The maximum absolute atomic E-state index is 3.13. The fourth-order valence-electron chi connectivity index (χ4n) is 0.934. The molecule has 0 saturated carbocycles. The van der Waals surface area contributed by atoms with E-state index in [-0.39, 0.29) is 0 Å². The van der Waals surface area contributed by atoms with Crippen LogP contribution >= 0.6 is 0 Å². The molecule has 0 radical (unpaired) electrons. The second-order valence-electron chi connectivity index (χ2n) is 3.11. The molecule has 0 amide bonds. The molecule has 70 valence electrons. The summed E-state index contributed by atoms with van der Waals surface area (Å²) in [5.74, 6) is 0. The molecular formula is C10H20N2. The average molecular weight is 168 g/mol. The van der Waals surface area contributed by atoms with Gasteiger partial charge < -0.3 is 9.80 Å². The fraction of sp³-hybridized carbons (Fsp3) is 0.800. The van der Waals surface area contributed by atoms with Gasteiger partial charge in [0.15, 0.2) is 0 Å². The van der Waals surface area contributed by atoms with Crippen LogP contribution in [-0.2, 0) is 0 Å². The minimum absolute atomic E-state index is 1.08. The number of hydrogen-bond donors (Lipinski definition) is 0. The Morgan fingerprint density at radius 2 is 1.42 bits per heavy atom. The summed E-state index contributed by atoms with van der Waals surface area (Å²) in [6.07, 6.45) is 2.34. The quantitative estimate of drug-likeness (QED) is 0.464. The zero-order valence-electron chi connectivity index (χ0n) is 8.72. The van der Waals surface area contributed by atoms with Crippen molar-refractivity contribution in [1.82, 2.24) is 9.80 Å². The van der Waals surface area contributed by atoms with E-state index in [9.17, 15) is 0 Å². The Balaban J connectivity index is 3.87. The van der Waals surface area contributed by atoms with Crippen molar-refractivity contribution in [3.8, 4) is 12.1 Å². The lowest BCUT2D eigenvalue weighted by Crippen LogP contribution is -2.20. The predicted octanol–water partition coefficient (Wildman–Crippen LogP) is 1.59. The van der Waals surface area contributed by atoms with E-state index in [1.807, 2.05) is 19.0 Å². The SMILES string of the molecule is CCCN(C#CN(C)C)CCC. The molecule has 0 spiro atoms. The van der Waals surface area contributed by atoms with Crippen LogP contribution in [-0.4, -0.2) is 37.0 Å². The average Bonchev–Trinajstić information content (AvgIpc) is 2.01. The first-order valence-electron chi connectivity index (χ1n) is 4.64. The monoisotopic (exact) mass is 168 g/mol. The fourth-order valence-corrected chi connectivity index (χ4v) is 0.934. The lowest BCUT2D eigenvalue weighted by molar-refractivity contribution is 0.394. The first kappa shape index (κ1) is 11.2. The Bertz CT molecular complexity index is 147. The van der Waals surface area contributed by atoms with Crippen molar-refractivity contribution in [1.29, 1.82) is 0 Å². The van der Waals surface area contributed by atoms with Gasteiger partial charge in [-0.25, -0.2) is 0 Å². The van der Waals surface area contributed by atoms with Crippen molar-refractivity contribution in [2.45, 2.75) is 26.7 Å². The molecule has 0 rings (SSSR count). The smallest absolute Gasteiger partial charge is 0.0306 e. The molecule has 0 aromatic heterocycles. The molecule has 0 atom stereocenters. The maximum atomic E-state index is 3.13. The molecule has 12 heavy (non-hydrogen) atoms. The highest BCUT2D eigenvalue weighted by atomic mass is 15.1. The first-order valence-corrected chi connectivity index (χ1v) is 4.64. The maximum Gasteiger partial charge on any atom is 0.0306 e. The highest BCUT2D eigenvalue weighted by Gasteiger charge is 1.94. The summed E-state index contributed by atoms with van der Waals surface area (Å²) in [5.41, 5.74) is 0. The van der Waals surface area contributed by atoms with Gasteiger partial charge in [-0.2, -0.15) is 0 Å². The van der Waals surface area contributed by atoms with E-state index in [0.29, 0.717) is 0 Å². The van der Waals surface area contributed by atoms with E-state index in [0.717, 1.165) is 13.1 Å². The molecule has 0 aromatic carbocycles. The van der Waals surface area contributed by atoms with Crippen LogP contribution in [0.2, 0.25) is 0 Å². The molecule has 0 unspecified atom stereocenters.